The van der Waals surface area contributed by atoms with Crippen LogP contribution < -0.4 is 5.73 Å². The van der Waals surface area contributed by atoms with Crippen LogP contribution in [-0.2, 0) is 6.42 Å². The minimum absolute atomic E-state index is 0.120. The molecule has 0 aromatic heterocycles. The summed E-state index contributed by atoms with van der Waals surface area (Å²) in [6, 6.07) is 11.3. The predicted molar refractivity (Wildman–Crippen MR) is 73.0 cm³/mol. The van der Waals surface area contributed by atoms with Crippen LogP contribution in [0.5, 0.6) is 0 Å². The van der Waals surface area contributed by atoms with E-state index in [0.717, 1.165) is 0 Å². The van der Waals surface area contributed by atoms with E-state index in [0.29, 0.717) is 21.3 Å². The molecule has 2 aromatic carbocycles. The van der Waals surface area contributed by atoms with Crippen molar-refractivity contribution >= 4 is 27.4 Å². The van der Waals surface area contributed by atoms with Gasteiger partial charge in [-0.1, -0.05) is 28.1 Å². The Morgan fingerprint density at radius 1 is 1.22 bits per heavy atom. The molecule has 0 aliphatic rings. The van der Waals surface area contributed by atoms with Gasteiger partial charge in [0, 0.05) is 22.1 Å². The number of rotatable bonds is 3. The summed E-state index contributed by atoms with van der Waals surface area (Å²) in [7, 11) is 0. The minimum Gasteiger partial charge on any atom is -0.398 e. The van der Waals surface area contributed by atoms with Crippen LogP contribution in [0.15, 0.2) is 46.9 Å². The molecule has 0 saturated carbocycles. The third-order valence-electron chi connectivity index (χ3n) is 2.55. The Balaban J connectivity index is 2.24. The number of ketones is 1. The number of nitrogen functional groups attached to an aromatic ring is 1. The molecule has 2 aromatic rings. The zero-order valence-electron chi connectivity index (χ0n) is 9.49. The molecule has 0 aliphatic heterocycles. The maximum Gasteiger partial charge on any atom is 0.169 e. The lowest BCUT2D eigenvalue weighted by molar-refractivity contribution is 0.0994. The number of hydrogen-bond donors (Lipinski definition) is 1. The number of Topliss-reactive ketones (excluding diaryl/α,β-unsaturated/α-hetero) is 1. The zero-order valence-corrected chi connectivity index (χ0v) is 11.1. The van der Waals surface area contributed by atoms with Gasteiger partial charge >= 0.3 is 0 Å². The van der Waals surface area contributed by atoms with E-state index in [1.807, 2.05) is 0 Å². The van der Waals surface area contributed by atoms with Gasteiger partial charge in [0.05, 0.1) is 0 Å². The Hall–Kier alpha value is -1.68. The van der Waals surface area contributed by atoms with Crippen LogP contribution in [0.2, 0.25) is 0 Å². The lowest BCUT2D eigenvalue weighted by Crippen LogP contribution is -2.07. The minimum atomic E-state index is -0.367. The van der Waals surface area contributed by atoms with Crippen molar-refractivity contribution in [2.24, 2.45) is 0 Å². The van der Waals surface area contributed by atoms with Crippen molar-refractivity contribution in [2.45, 2.75) is 6.42 Å². The predicted octanol–water partition coefficient (Wildman–Crippen LogP) is 3.60. The molecule has 2 N–H and O–H groups in total. The molecule has 2 nitrogen and oxygen atoms in total. The smallest absolute Gasteiger partial charge is 0.169 e. The molecule has 0 heterocycles. The normalized spacial score (nSPS) is 10.3. The zero-order chi connectivity index (χ0) is 13.1. The standard InChI is InChI=1S/C14H11BrFNO/c15-10-5-9(6-11(16)8-10)7-14(18)12-3-1-2-4-13(12)17/h1-6,8H,7,17H2. The first-order valence-electron chi connectivity index (χ1n) is 5.39. The van der Waals surface area contributed by atoms with Crippen molar-refractivity contribution in [3.63, 3.8) is 0 Å². The average Bonchev–Trinajstić information content (AvgIpc) is 2.27. The van der Waals surface area contributed by atoms with E-state index in [4.69, 9.17) is 5.73 Å². The van der Waals surface area contributed by atoms with Crippen molar-refractivity contribution in [1.29, 1.82) is 0 Å². The molecule has 0 bridgehead atoms. The van der Waals surface area contributed by atoms with E-state index in [1.54, 1.807) is 30.3 Å². The molecule has 18 heavy (non-hydrogen) atoms. The monoisotopic (exact) mass is 307 g/mol. The fourth-order valence-electron chi connectivity index (χ4n) is 1.74. The highest BCUT2D eigenvalue weighted by Crippen LogP contribution is 2.18. The van der Waals surface area contributed by atoms with Gasteiger partial charge in [-0.25, -0.2) is 4.39 Å². The fraction of sp³-hybridized carbons (Fsp3) is 0.0714. The van der Waals surface area contributed by atoms with Gasteiger partial charge in [0.25, 0.3) is 0 Å². The first-order valence-corrected chi connectivity index (χ1v) is 6.18. The summed E-state index contributed by atoms with van der Waals surface area (Å²) in [5.74, 6) is -0.487. The van der Waals surface area contributed by atoms with E-state index in [9.17, 15) is 9.18 Å². The van der Waals surface area contributed by atoms with Crippen LogP contribution >= 0.6 is 15.9 Å². The van der Waals surface area contributed by atoms with Crippen molar-refractivity contribution in [3.8, 4) is 0 Å². The molecular weight excluding hydrogens is 297 g/mol. The Morgan fingerprint density at radius 2 is 1.94 bits per heavy atom. The lowest BCUT2D eigenvalue weighted by Gasteiger charge is -2.05. The highest BCUT2D eigenvalue weighted by Gasteiger charge is 2.11. The molecule has 0 aliphatic carbocycles. The maximum atomic E-state index is 13.2. The first kappa shape index (κ1) is 12.8. The largest absolute Gasteiger partial charge is 0.398 e. The number of carbonyl (C=O) groups is 1. The average molecular weight is 308 g/mol. The molecule has 92 valence electrons. The summed E-state index contributed by atoms with van der Waals surface area (Å²) in [6.45, 7) is 0. The van der Waals surface area contributed by atoms with Gasteiger partial charge in [-0.05, 0) is 35.9 Å². The molecule has 0 saturated heterocycles. The van der Waals surface area contributed by atoms with Crippen LogP contribution in [0.3, 0.4) is 0 Å². The van der Waals surface area contributed by atoms with Gasteiger partial charge in [0.15, 0.2) is 5.78 Å². The second kappa shape index (κ2) is 5.31. The molecule has 0 radical (unpaired) electrons. The highest BCUT2D eigenvalue weighted by atomic mass is 79.9. The van der Waals surface area contributed by atoms with Crippen LogP contribution in [0.4, 0.5) is 10.1 Å². The molecule has 0 spiro atoms. The molecule has 0 amide bonds. The number of nitrogens with two attached hydrogens (primary N) is 1. The summed E-state index contributed by atoms with van der Waals surface area (Å²) >= 11 is 3.20. The van der Waals surface area contributed by atoms with Gasteiger partial charge in [0.2, 0.25) is 0 Å². The van der Waals surface area contributed by atoms with Crippen molar-refractivity contribution in [1.82, 2.24) is 0 Å². The van der Waals surface area contributed by atoms with E-state index in [2.05, 4.69) is 15.9 Å². The van der Waals surface area contributed by atoms with Crippen molar-refractivity contribution in [2.75, 3.05) is 5.73 Å². The number of halogens is 2. The Morgan fingerprint density at radius 3 is 2.61 bits per heavy atom. The summed E-state index contributed by atoms with van der Waals surface area (Å²) in [5.41, 5.74) is 7.26. The lowest BCUT2D eigenvalue weighted by atomic mass is 10.0. The Labute approximate surface area is 113 Å². The molecular formula is C14H11BrFNO. The topological polar surface area (TPSA) is 43.1 Å². The Bertz CT molecular complexity index is 578. The highest BCUT2D eigenvalue weighted by molar-refractivity contribution is 9.10. The summed E-state index contributed by atoms with van der Waals surface area (Å²) in [6.07, 6.45) is 0.130. The molecule has 4 heteroatoms. The van der Waals surface area contributed by atoms with Gasteiger partial charge in [-0.3, -0.25) is 4.79 Å². The number of carbonyl (C=O) groups excluding carboxylic acids is 1. The van der Waals surface area contributed by atoms with Gasteiger partial charge < -0.3 is 5.73 Å². The maximum absolute atomic E-state index is 13.2. The summed E-state index contributed by atoms with van der Waals surface area (Å²) < 4.78 is 13.8. The number of para-hydroxylation sites is 1. The van der Waals surface area contributed by atoms with E-state index < -0.39 is 0 Å². The Kier molecular flexibility index (Phi) is 3.77. The van der Waals surface area contributed by atoms with E-state index in [1.165, 1.54) is 12.1 Å². The van der Waals surface area contributed by atoms with Crippen LogP contribution in [0, 0.1) is 5.82 Å². The van der Waals surface area contributed by atoms with Crippen LogP contribution in [0.1, 0.15) is 15.9 Å². The fourth-order valence-corrected chi connectivity index (χ4v) is 2.26. The molecule has 0 unspecified atom stereocenters. The van der Waals surface area contributed by atoms with Crippen LogP contribution in [0.25, 0.3) is 0 Å². The molecule has 0 fully saturated rings. The van der Waals surface area contributed by atoms with Crippen molar-refractivity contribution < 1.29 is 9.18 Å². The van der Waals surface area contributed by atoms with Gasteiger partial charge in [-0.15, -0.1) is 0 Å². The third-order valence-corrected chi connectivity index (χ3v) is 3.01. The summed E-state index contributed by atoms with van der Waals surface area (Å²) in [5, 5.41) is 0. The van der Waals surface area contributed by atoms with E-state index >= 15 is 0 Å². The number of hydrogen-bond acceptors (Lipinski definition) is 2. The second-order valence-electron chi connectivity index (χ2n) is 3.96. The van der Waals surface area contributed by atoms with Gasteiger partial charge in [0.1, 0.15) is 5.82 Å². The third kappa shape index (κ3) is 2.96. The molecule has 0 atom stereocenters. The van der Waals surface area contributed by atoms with Crippen LogP contribution in [-0.4, -0.2) is 5.78 Å². The summed E-state index contributed by atoms with van der Waals surface area (Å²) in [4.78, 5) is 12.0. The first-order chi connectivity index (χ1) is 8.56. The number of benzene rings is 2. The van der Waals surface area contributed by atoms with Gasteiger partial charge in [-0.2, -0.15) is 0 Å². The van der Waals surface area contributed by atoms with E-state index in [-0.39, 0.29) is 18.0 Å². The quantitative estimate of drug-likeness (QED) is 0.695. The number of anilines is 1. The second-order valence-corrected chi connectivity index (χ2v) is 4.88. The van der Waals surface area contributed by atoms with Crippen molar-refractivity contribution in [3.05, 3.63) is 63.9 Å². The SMILES string of the molecule is Nc1ccccc1C(=O)Cc1cc(F)cc(Br)c1. The molecule has 2 rings (SSSR count).